The van der Waals surface area contributed by atoms with Crippen molar-refractivity contribution in [3.8, 4) is 0 Å². The fourth-order valence-electron chi connectivity index (χ4n) is 1.60. The van der Waals surface area contributed by atoms with Gasteiger partial charge in [0.25, 0.3) is 0 Å². The number of pyridine rings is 1. The first-order valence-electron chi connectivity index (χ1n) is 6.05. The highest BCUT2D eigenvalue weighted by molar-refractivity contribution is 6.76. The molecule has 19 heavy (non-hydrogen) atoms. The number of nitrogens with one attached hydrogen (secondary N) is 1. The fourth-order valence-corrected chi connectivity index (χ4v) is 2.96. The van der Waals surface area contributed by atoms with Gasteiger partial charge in [-0.2, -0.15) is 0 Å². The molecule has 3 N–H and O–H groups in total. The van der Waals surface area contributed by atoms with Gasteiger partial charge in [0.2, 0.25) is 0 Å². The molecule has 1 aromatic rings. The second-order valence-electron chi connectivity index (χ2n) is 5.57. The van der Waals surface area contributed by atoms with Crippen LogP contribution in [0.4, 0.5) is 0 Å². The van der Waals surface area contributed by atoms with Gasteiger partial charge in [-0.15, -0.1) is 0 Å². The minimum atomic E-state index is -1.49. The molecule has 0 unspecified atom stereocenters. The van der Waals surface area contributed by atoms with E-state index < -0.39 is 13.0 Å². The van der Waals surface area contributed by atoms with Gasteiger partial charge >= 0.3 is 5.82 Å². The van der Waals surface area contributed by atoms with E-state index in [1.165, 1.54) is 0 Å². The molecule has 7 heteroatoms. The summed E-state index contributed by atoms with van der Waals surface area (Å²) in [5, 5.41) is 13.9. The molecular weight excluding hydrogens is 260 g/mol. The zero-order valence-electron chi connectivity index (χ0n) is 11.5. The highest BCUT2D eigenvalue weighted by atomic mass is 28.3. The van der Waals surface area contributed by atoms with Crippen molar-refractivity contribution in [1.29, 1.82) is 0 Å². The second kappa shape index (κ2) is 6.33. The van der Waals surface area contributed by atoms with Crippen molar-refractivity contribution >= 4 is 8.07 Å². The van der Waals surface area contributed by atoms with Gasteiger partial charge in [-0.05, 0) is 22.6 Å². The van der Waals surface area contributed by atoms with E-state index in [-0.39, 0.29) is 5.82 Å². The summed E-state index contributed by atoms with van der Waals surface area (Å²) in [4.78, 5) is 14.3. The molecular formula is C12H20N4O2Si. The Balaban J connectivity index is 2.82. The van der Waals surface area contributed by atoms with Crippen molar-refractivity contribution in [2.45, 2.75) is 32.2 Å². The number of nitrogens with zero attached hydrogens (tertiary/aromatic N) is 2. The summed E-state index contributed by atoms with van der Waals surface area (Å²) in [7, 11) is -1.49. The smallest absolute Gasteiger partial charge is 0.332 e. The fraction of sp³-hybridized carbons (Fsp3) is 0.417. The van der Waals surface area contributed by atoms with Crippen LogP contribution >= 0.6 is 0 Å². The number of nitro groups is 1. The van der Waals surface area contributed by atoms with Crippen LogP contribution in [-0.2, 0) is 6.54 Å². The summed E-state index contributed by atoms with van der Waals surface area (Å²) in [6, 6.07) is 4.39. The molecule has 1 aromatic heterocycles. The van der Waals surface area contributed by atoms with Crippen molar-refractivity contribution in [2.24, 2.45) is 5.73 Å². The van der Waals surface area contributed by atoms with Crippen molar-refractivity contribution in [1.82, 2.24) is 10.3 Å². The standard InChI is InChI=1S/C12H20N4O2Si/c1-19(2,3)9-11(12(13)16(17)18)15-8-10-5-4-6-14-7-10/h4-7,15H,8-9,13H2,1-3H3. The summed E-state index contributed by atoms with van der Waals surface area (Å²) >= 11 is 0. The van der Waals surface area contributed by atoms with Crippen LogP contribution in [0.25, 0.3) is 0 Å². The number of nitrogens with two attached hydrogens (primary N) is 1. The SMILES string of the molecule is C[Si](C)(C)CC(NCc1cccnc1)=C(N)[N+](=O)[O-]. The van der Waals surface area contributed by atoms with Crippen molar-refractivity contribution in [2.75, 3.05) is 0 Å². The van der Waals surface area contributed by atoms with Crippen molar-refractivity contribution in [3.05, 3.63) is 51.7 Å². The average molecular weight is 280 g/mol. The lowest BCUT2D eigenvalue weighted by molar-refractivity contribution is -0.428. The van der Waals surface area contributed by atoms with Crippen LogP contribution < -0.4 is 11.1 Å². The molecule has 1 rings (SSSR count). The Kier molecular flexibility index (Phi) is 5.05. The van der Waals surface area contributed by atoms with Crippen molar-refractivity contribution in [3.63, 3.8) is 0 Å². The normalized spacial score (nSPS) is 12.8. The van der Waals surface area contributed by atoms with Crippen LogP contribution in [-0.4, -0.2) is 18.0 Å². The Labute approximate surface area is 113 Å². The van der Waals surface area contributed by atoms with E-state index in [2.05, 4.69) is 29.9 Å². The second-order valence-corrected chi connectivity index (χ2v) is 11.0. The van der Waals surface area contributed by atoms with E-state index in [1.807, 2.05) is 12.1 Å². The molecule has 0 spiro atoms. The minimum absolute atomic E-state index is 0.286. The third-order valence-electron chi connectivity index (χ3n) is 2.44. The Morgan fingerprint density at radius 2 is 2.21 bits per heavy atom. The third kappa shape index (κ3) is 5.52. The summed E-state index contributed by atoms with van der Waals surface area (Å²) in [5.74, 6) is -0.286. The first-order chi connectivity index (χ1) is 8.79. The molecule has 0 radical (unpaired) electrons. The Hall–Kier alpha value is -1.89. The summed E-state index contributed by atoms with van der Waals surface area (Å²) < 4.78 is 0. The van der Waals surface area contributed by atoms with E-state index in [9.17, 15) is 10.1 Å². The largest absolute Gasteiger partial charge is 0.378 e. The topological polar surface area (TPSA) is 94.1 Å². The molecule has 0 bridgehead atoms. The number of hydrogen-bond acceptors (Lipinski definition) is 5. The molecule has 0 amide bonds. The number of aromatic nitrogens is 1. The highest BCUT2D eigenvalue weighted by Crippen LogP contribution is 2.16. The van der Waals surface area contributed by atoms with Gasteiger partial charge < -0.3 is 15.4 Å². The van der Waals surface area contributed by atoms with Crippen molar-refractivity contribution < 1.29 is 4.92 Å². The lowest BCUT2D eigenvalue weighted by atomic mass is 10.3. The van der Waals surface area contributed by atoms with Gasteiger partial charge in [-0.25, -0.2) is 0 Å². The summed E-state index contributed by atoms with van der Waals surface area (Å²) in [5.41, 5.74) is 7.04. The summed E-state index contributed by atoms with van der Waals surface area (Å²) in [6.07, 6.45) is 3.41. The van der Waals surface area contributed by atoms with Gasteiger partial charge in [-0.1, -0.05) is 25.7 Å². The predicted molar refractivity (Wildman–Crippen MR) is 77.4 cm³/mol. The molecule has 0 saturated carbocycles. The zero-order valence-corrected chi connectivity index (χ0v) is 12.5. The Morgan fingerprint density at radius 3 is 2.68 bits per heavy atom. The molecule has 0 aliphatic heterocycles. The molecule has 1 heterocycles. The molecule has 0 aliphatic carbocycles. The van der Waals surface area contributed by atoms with Crippen LogP contribution in [0.3, 0.4) is 0 Å². The van der Waals surface area contributed by atoms with Gasteiger partial charge in [0.1, 0.15) is 5.70 Å². The highest BCUT2D eigenvalue weighted by Gasteiger charge is 2.21. The Morgan fingerprint density at radius 1 is 1.53 bits per heavy atom. The maximum atomic E-state index is 10.8. The van der Waals surface area contributed by atoms with Gasteiger partial charge in [0.05, 0.1) is 8.07 Å². The number of allylic oxidation sites excluding steroid dienone is 1. The van der Waals surface area contributed by atoms with Crippen LogP contribution in [0.5, 0.6) is 0 Å². The van der Waals surface area contributed by atoms with E-state index in [1.54, 1.807) is 12.4 Å². The summed E-state index contributed by atoms with van der Waals surface area (Å²) in [6.45, 7) is 6.92. The van der Waals surface area contributed by atoms with E-state index in [0.29, 0.717) is 18.3 Å². The monoisotopic (exact) mass is 280 g/mol. The van der Waals surface area contributed by atoms with E-state index >= 15 is 0 Å². The van der Waals surface area contributed by atoms with Gasteiger partial charge in [0, 0.05) is 18.9 Å². The Bertz CT molecular complexity index is 468. The number of hydrogen-bond donors (Lipinski definition) is 2. The molecule has 104 valence electrons. The lowest BCUT2D eigenvalue weighted by Crippen LogP contribution is -2.29. The first kappa shape index (κ1) is 15.2. The average Bonchev–Trinajstić information content (AvgIpc) is 2.33. The first-order valence-corrected chi connectivity index (χ1v) is 9.76. The maximum absolute atomic E-state index is 10.8. The quantitative estimate of drug-likeness (QED) is 0.471. The van der Waals surface area contributed by atoms with Crippen LogP contribution in [0.2, 0.25) is 25.7 Å². The molecule has 6 nitrogen and oxygen atoms in total. The van der Waals surface area contributed by atoms with Gasteiger partial charge in [0.15, 0.2) is 0 Å². The number of rotatable bonds is 6. The van der Waals surface area contributed by atoms with Gasteiger partial charge in [-0.3, -0.25) is 10.7 Å². The predicted octanol–water partition coefficient (Wildman–Crippen LogP) is 1.91. The van der Waals surface area contributed by atoms with Crippen LogP contribution in [0.1, 0.15) is 5.56 Å². The lowest BCUT2D eigenvalue weighted by Gasteiger charge is -2.19. The molecule has 0 fully saturated rings. The third-order valence-corrected chi connectivity index (χ3v) is 3.86. The molecule has 0 aliphatic rings. The van der Waals surface area contributed by atoms with E-state index in [0.717, 1.165) is 5.56 Å². The minimum Gasteiger partial charge on any atom is -0.378 e. The molecule has 0 saturated heterocycles. The van der Waals surface area contributed by atoms with E-state index in [4.69, 9.17) is 5.73 Å². The van der Waals surface area contributed by atoms with Crippen LogP contribution in [0.15, 0.2) is 36.0 Å². The zero-order chi connectivity index (χ0) is 14.5. The maximum Gasteiger partial charge on any atom is 0.332 e. The molecule has 0 aromatic carbocycles. The van der Waals surface area contributed by atoms with Crippen LogP contribution in [0, 0.1) is 10.1 Å². The molecule has 0 atom stereocenters.